The van der Waals surface area contributed by atoms with E-state index in [9.17, 15) is 4.79 Å². The Morgan fingerprint density at radius 1 is 1.12 bits per heavy atom. The predicted octanol–water partition coefficient (Wildman–Crippen LogP) is 4.27. The zero-order valence-corrected chi connectivity index (χ0v) is 15.1. The third-order valence-electron chi connectivity index (χ3n) is 4.46. The summed E-state index contributed by atoms with van der Waals surface area (Å²) >= 11 is 0. The van der Waals surface area contributed by atoms with Crippen molar-refractivity contribution in [1.82, 2.24) is 0 Å². The number of hydrogen-bond acceptors (Lipinski definition) is 4. The fraction of sp³-hybridized carbons (Fsp3) is 0.333. The van der Waals surface area contributed by atoms with Crippen molar-refractivity contribution < 1.29 is 14.4 Å². The average molecular weight is 337 g/mol. The molecule has 0 fully saturated rings. The summed E-state index contributed by atoms with van der Waals surface area (Å²) in [4.78, 5) is 18.4. The summed E-state index contributed by atoms with van der Waals surface area (Å²) in [7, 11) is 0. The van der Waals surface area contributed by atoms with Crippen LogP contribution in [-0.4, -0.2) is 18.3 Å². The summed E-state index contributed by atoms with van der Waals surface area (Å²) in [5.41, 5.74) is 5.90. The van der Waals surface area contributed by atoms with Gasteiger partial charge in [0.15, 0.2) is 6.10 Å². The molecule has 0 bridgehead atoms. The van der Waals surface area contributed by atoms with Crippen LogP contribution in [0, 0.1) is 26.7 Å². The van der Waals surface area contributed by atoms with Crippen LogP contribution in [0.5, 0.6) is 0 Å². The van der Waals surface area contributed by atoms with E-state index in [0.717, 1.165) is 22.3 Å². The van der Waals surface area contributed by atoms with Crippen LogP contribution < -0.4 is 0 Å². The molecule has 0 unspecified atom stereocenters. The lowest BCUT2D eigenvalue weighted by Gasteiger charge is -2.19. The van der Waals surface area contributed by atoms with Crippen LogP contribution in [0.4, 0.5) is 0 Å². The van der Waals surface area contributed by atoms with Crippen LogP contribution in [-0.2, 0) is 14.4 Å². The van der Waals surface area contributed by atoms with Crippen LogP contribution in [0.3, 0.4) is 0 Å². The van der Waals surface area contributed by atoms with Crippen molar-refractivity contribution in [2.75, 3.05) is 6.61 Å². The zero-order valence-electron chi connectivity index (χ0n) is 15.1. The maximum atomic E-state index is 12.7. The van der Waals surface area contributed by atoms with E-state index in [1.807, 2.05) is 51.1 Å². The van der Waals surface area contributed by atoms with Crippen molar-refractivity contribution in [2.45, 2.75) is 33.8 Å². The molecule has 0 radical (unpaired) electrons. The van der Waals surface area contributed by atoms with Gasteiger partial charge in [-0.2, -0.15) is 0 Å². The van der Waals surface area contributed by atoms with Crippen LogP contribution in [0.2, 0.25) is 0 Å². The van der Waals surface area contributed by atoms with Gasteiger partial charge >= 0.3 is 5.97 Å². The smallest absolute Gasteiger partial charge is 0.319 e. The van der Waals surface area contributed by atoms with Gasteiger partial charge in [0.05, 0.1) is 6.61 Å². The molecule has 1 aliphatic rings. The molecule has 2 aromatic rings. The lowest BCUT2D eigenvalue weighted by Crippen LogP contribution is -2.30. The molecular weight excluding hydrogens is 314 g/mol. The molecule has 0 amide bonds. The molecule has 0 spiro atoms. The Labute approximate surface area is 148 Å². The first-order valence-electron chi connectivity index (χ1n) is 8.56. The minimum Gasteiger partial charge on any atom is -0.465 e. The van der Waals surface area contributed by atoms with Crippen molar-refractivity contribution in [3.8, 4) is 0 Å². The number of nitrogens with zero attached hydrogens (tertiary/aromatic N) is 1. The Kier molecular flexibility index (Phi) is 4.88. The molecule has 0 saturated heterocycles. The van der Waals surface area contributed by atoms with Gasteiger partial charge in [0.25, 0.3) is 0 Å². The van der Waals surface area contributed by atoms with Gasteiger partial charge < -0.3 is 9.57 Å². The SMILES string of the molecule is CCOC(=O)[C@@H]1C(c2c(C)cc(C)cc2C)=NO[C@H]1c1ccccc1. The van der Waals surface area contributed by atoms with Crippen molar-refractivity contribution in [1.29, 1.82) is 0 Å². The number of esters is 1. The number of carbonyl (C=O) groups is 1. The van der Waals surface area contributed by atoms with Crippen molar-refractivity contribution in [3.05, 3.63) is 70.3 Å². The molecule has 0 aliphatic carbocycles. The van der Waals surface area contributed by atoms with Crippen molar-refractivity contribution in [3.63, 3.8) is 0 Å². The summed E-state index contributed by atoms with van der Waals surface area (Å²) in [6.07, 6.45) is -0.463. The third kappa shape index (κ3) is 3.29. The molecule has 0 saturated carbocycles. The first kappa shape index (κ1) is 17.2. The maximum Gasteiger partial charge on any atom is 0.319 e. The maximum absolute atomic E-state index is 12.7. The highest BCUT2D eigenvalue weighted by Gasteiger charge is 2.43. The highest BCUT2D eigenvalue weighted by Crippen LogP contribution is 2.37. The number of rotatable bonds is 4. The predicted molar refractivity (Wildman–Crippen MR) is 97.6 cm³/mol. The molecule has 130 valence electrons. The van der Waals surface area contributed by atoms with Gasteiger partial charge in [-0.25, -0.2) is 0 Å². The van der Waals surface area contributed by atoms with E-state index in [1.54, 1.807) is 0 Å². The van der Waals surface area contributed by atoms with E-state index in [0.29, 0.717) is 12.3 Å². The number of ether oxygens (including phenoxy) is 1. The Hall–Kier alpha value is -2.62. The van der Waals surface area contributed by atoms with E-state index in [4.69, 9.17) is 9.57 Å². The number of benzene rings is 2. The van der Waals surface area contributed by atoms with Crippen LogP contribution in [0.25, 0.3) is 0 Å². The van der Waals surface area contributed by atoms with Gasteiger partial charge in [-0.05, 0) is 44.4 Å². The monoisotopic (exact) mass is 337 g/mol. The Morgan fingerprint density at radius 3 is 2.36 bits per heavy atom. The van der Waals surface area contributed by atoms with Gasteiger partial charge in [0, 0.05) is 5.56 Å². The second-order valence-corrected chi connectivity index (χ2v) is 6.42. The van der Waals surface area contributed by atoms with E-state index in [-0.39, 0.29) is 5.97 Å². The Balaban J connectivity index is 2.06. The molecule has 2 aromatic carbocycles. The molecular formula is C21H23NO3. The average Bonchev–Trinajstić information content (AvgIpc) is 2.99. The summed E-state index contributed by atoms with van der Waals surface area (Å²) < 4.78 is 5.33. The molecule has 1 heterocycles. The first-order valence-corrected chi connectivity index (χ1v) is 8.56. The van der Waals surface area contributed by atoms with E-state index in [2.05, 4.69) is 24.2 Å². The lowest BCUT2D eigenvalue weighted by molar-refractivity contribution is -0.148. The van der Waals surface area contributed by atoms with E-state index in [1.165, 1.54) is 5.56 Å². The molecule has 3 rings (SSSR count). The fourth-order valence-corrected chi connectivity index (χ4v) is 3.52. The quantitative estimate of drug-likeness (QED) is 0.783. The number of oxime groups is 1. The van der Waals surface area contributed by atoms with Gasteiger partial charge in [0.1, 0.15) is 11.6 Å². The normalized spacial score (nSPS) is 19.3. The molecule has 2 atom stereocenters. The first-order chi connectivity index (χ1) is 12.0. The standard InChI is InChI=1S/C21H23NO3/c1-5-24-21(23)18-19(17-14(3)11-13(2)12-15(17)4)22-25-20(18)16-9-7-6-8-10-16/h6-12,18,20H,5H2,1-4H3/t18-,20+/m1/s1. The summed E-state index contributed by atoms with van der Waals surface area (Å²) in [6.45, 7) is 8.28. The Morgan fingerprint density at radius 2 is 1.76 bits per heavy atom. The van der Waals surface area contributed by atoms with Crippen molar-refractivity contribution >= 4 is 11.7 Å². The highest BCUT2D eigenvalue weighted by atomic mass is 16.6. The molecule has 4 heteroatoms. The van der Waals surface area contributed by atoms with Crippen LogP contribution in [0.15, 0.2) is 47.6 Å². The lowest BCUT2D eigenvalue weighted by atomic mass is 9.85. The minimum atomic E-state index is -0.567. The summed E-state index contributed by atoms with van der Waals surface area (Å²) in [5.74, 6) is -0.866. The second-order valence-electron chi connectivity index (χ2n) is 6.42. The third-order valence-corrected chi connectivity index (χ3v) is 4.46. The van der Waals surface area contributed by atoms with Gasteiger partial charge in [-0.1, -0.05) is 53.2 Å². The summed E-state index contributed by atoms with van der Waals surface area (Å²) in [5, 5.41) is 4.32. The summed E-state index contributed by atoms with van der Waals surface area (Å²) in [6, 6.07) is 13.9. The van der Waals surface area contributed by atoms with Crippen LogP contribution in [0.1, 0.15) is 40.8 Å². The fourth-order valence-electron chi connectivity index (χ4n) is 3.52. The van der Waals surface area contributed by atoms with E-state index < -0.39 is 12.0 Å². The molecule has 0 aromatic heterocycles. The van der Waals surface area contributed by atoms with Crippen molar-refractivity contribution in [2.24, 2.45) is 11.1 Å². The molecule has 25 heavy (non-hydrogen) atoms. The zero-order chi connectivity index (χ0) is 18.0. The van der Waals surface area contributed by atoms with Gasteiger partial charge in [0.2, 0.25) is 0 Å². The minimum absolute atomic E-state index is 0.299. The van der Waals surface area contributed by atoms with Gasteiger partial charge in [-0.15, -0.1) is 0 Å². The molecule has 0 N–H and O–H groups in total. The van der Waals surface area contributed by atoms with E-state index >= 15 is 0 Å². The topological polar surface area (TPSA) is 47.9 Å². The number of carbonyl (C=O) groups excluding carboxylic acids is 1. The second kappa shape index (κ2) is 7.09. The molecule has 4 nitrogen and oxygen atoms in total. The van der Waals surface area contributed by atoms with Crippen LogP contribution >= 0.6 is 0 Å². The number of aryl methyl sites for hydroxylation is 3. The van der Waals surface area contributed by atoms with Gasteiger partial charge in [-0.3, -0.25) is 4.79 Å². The Bertz CT molecular complexity index is 788. The largest absolute Gasteiger partial charge is 0.465 e. The molecule has 1 aliphatic heterocycles. The highest BCUT2D eigenvalue weighted by molar-refractivity contribution is 6.14. The number of hydrogen-bond donors (Lipinski definition) is 0.